The normalized spacial score (nSPS) is 10.9. The van der Waals surface area contributed by atoms with Crippen molar-refractivity contribution in [3.63, 3.8) is 0 Å². The number of H-pyrrole nitrogens is 1. The molecule has 1 aromatic carbocycles. The van der Waals surface area contributed by atoms with E-state index in [4.69, 9.17) is 9.47 Å². The van der Waals surface area contributed by atoms with Crippen LogP contribution in [-0.4, -0.2) is 33.8 Å². The lowest BCUT2D eigenvalue weighted by atomic mass is 10.2. The second-order valence-electron chi connectivity index (χ2n) is 4.06. The maximum Gasteiger partial charge on any atom is 0.189 e. The van der Waals surface area contributed by atoms with Crippen molar-refractivity contribution < 1.29 is 9.47 Å². The van der Waals surface area contributed by atoms with E-state index in [1.807, 2.05) is 32.0 Å². The fourth-order valence-electron chi connectivity index (χ4n) is 1.96. The van der Waals surface area contributed by atoms with Gasteiger partial charge in [-0.05, 0) is 41.8 Å². The van der Waals surface area contributed by atoms with Crippen LogP contribution >= 0.6 is 11.3 Å². The van der Waals surface area contributed by atoms with Crippen molar-refractivity contribution in [3.05, 3.63) is 18.2 Å². The van der Waals surface area contributed by atoms with E-state index < -0.39 is 0 Å². The molecule has 7 heteroatoms. The molecule has 2 heterocycles. The summed E-state index contributed by atoms with van der Waals surface area (Å²) in [6.45, 7) is 5.13. The first-order valence-electron chi connectivity index (χ1n) is 6.39. The molecule has 6 nitrogen and oxygen atoms in total. The van der Waals surface area contributed by atoms with Crippen molar-refractivity contribution in [2.24, 2.45) is 0 Å². The van der Waals surface area contributed by atoms with Gasteiger partial charge in [0.1, 0.15) is 0 Å². The zero-order chi connectivity index (χ0) is 13.9. The molecule has 0 fully saturated rings. The number of benzene rings is 1. The van der Waals surface area contributed by atoms with Crippen LogP contribution in [-0.2, 0) is 0 Å². The number of thiophene rings is 1. The van der Waals surface area contributed by atoms with E-state index in [0.717, 1.165) is 26.5 Å². The molecule has 3 rings (SSSR count). The lowest BCUT2D eigenvalue weighted by molar-refractivity contribution is 0.288. The summed E-state index contributed by atoms with van der Waals surface area (Å²) >= 11 is 1.61. The Hall–Kier alpha value is -2.15. The van der Waals surface area contributed by atoms with Gasteiger partial charge in [-0.3, -0.25) is 0 Å². The molecule has 2 aromatic heterocycles. The summed E-state index contributed by atoms with van der Waals surface area (Å²) in [5, 5.41) is 15.0. The van der Waals surface area contributed by atoms with Crippen LogP contribution in [0, 0.1) is 0 Å². The first-order chi connectivity index (χ1) is 9.81. The molecule has 0 spiro atoms. The summed E-state index contributed by atoms with van der Waals surface area (Å²) in [5.74, 6) is 2.20. The second-order valence-corrected chi connectivity index (χ2v) is 5.15. The van der Waals surface area contributed by atoms with Crippen LogP contribution < -0.4 is 9.47 Å². The molecule has 3 aromatic rings. The van der Waals surface area contributed by atoms with Crippen molar-refractivity contribution in [3.8, 4) is 22.2 Å². The van der Waals surface area contributed by atoms with Crippen LogP contribution in [0.15, 0.2) is 18.2 Å². The molecule has 0 aliphatic carbocycles. The predicted octanol–water partition coefficient (Wildman–Crippen LogP) is 2.88. The van der Waals surface area contributed by atoms with Gasteiger partial charge in [0.05, 0.1) is 18.1 Å². The molecular weight excluding hydrogens is 276 g/mol. The standard InChI is InChI=1S/C13H14N4O2S/c1-3-18-9-5-8-6-12(13-14-16-17-15-13)20-11(8)7-10(9)19-4-2/h5-7H,3-4H2,1-2H3,(H,14,15,16,17). The molecule has 0 saturated heterocycles. The van der Waals surface area contributed by atoms with Gasteiger partial charge in [0.15, 0.2) is 17.3 Å². The molecule has 0 saturated carbocycles. The highest BCUT2D eigenvalue weighted by molar-refractivity contribution is 7.22. The van der Waals surface area contributed by atoms with E-state index in [1.165, 1.54) is 0 Å². The molecule has 104 valence electrons. The summed E-state index contributed by atoms with van der Waals surface area (Å²) in [7, 11) is 0. The van der Waals surface area contributed by atoms with Crippen molar-refractivity contribution in [1.82, 2.24) is 20.6 Å². The molecular formula is C13H14N4O2S. The number of hydrogen-bond acceptors (Lipinski definition) is 6. The number of nitrogens with one attached hydrogen (secondary N) is 1. The van der Waals surface area contributed by atoms with E-state index in [-0.39, 0.29) is 0 Å². The number of rotatable bonds is 5. The number of nitrogens with zero attached hydrogens (tertiary/aromatic N) is 3. The highest BCUT2D eigenvalue weighted by atomic mass is 32.1. The SMILES string of the molecule is CCOc1cc2cc(-c3nnn[nH]3)sc2cc1OCC. The fourth-order valence-corrected chi connectivity index (χ4v) is 2.97. The Kier molecular flexibility index (Phi) is 3.51. The summed E-state index contributed by atoms with van der Waals surface area (Å²) in [6, 6.07) is 6.04. The van der Waals surface area contributed by atoms with Gasteiger partial charge in [0.2, 0.25) is 0 Å². The van der Waals surface area contributed by atoms with Crippen LogP contribution in [0.2, 0.25) is 0 Å². The Morgan fingerprint density at radius 1 is 1.10 bits per heavy atom. The summed E-state index contributed by atoms with van der Waals surface area (Å²) in [6.07, 6.45) is 0. The first kappa shape index (κ1) is 12.9. The van der Waals surface area contributed by atoms with Crippen LogP contribution in [0.1, 0.15) is 13.8 Å². The quantitative estimate of drug-likeness (QED) is 0.782. The fraction of sp³-hybridized carbons (Fsp3) is 0.308. The smallest absolute Gasteiger partial charge is 0.189 e. The summed E-state index contributed by atoms with van der Waals surface area (Å²) in [5.41, 5.74) is 0. The molecule has 0 bridgehead atoms. The lowest BCUT2D eigenvalue weighted by Crippen LogP contribution is -1.97. The molecule has 20 heavy (non-hydrogen) atoms. The maximum absolute atomic E-state index is 5.63. The third-order valence-corrected chi connectivity index (χ3v) is 3.87. The minimum absolute atomic E-state index is 0.606. The van der Waals surface area contributed by atoms with Crippen molar-refractivity contribution >= 4 is 21.4 Å². The van der Waals surface area contributed by atoms with E-state index in [1.54, 1.807) is 11.3 Å². The summed E-state index contributed by atoms with van der Waals surface area (Å²) < 4.78 is 12.4. The van der Waals surface area contributed by atoms with Crippen molar-refractivity contribution in [2.45, 2.75) is 13.8 Å². The van der Waals surface area contributed by atoms with Gasteiger partial charge in [0.25, 0.3) is 0 Å². The first-order valence-corrected chi connectivity index (χ1v) is 7.20. The van der Waals surface area contributed by atoms with Gasteiger partial charge >= 0.3 is 0 Å². The topological polar surface area (TPSA) is 72.9 Å². The van der Waals surface area contributed by atoms with Crippen LogP contribution in [0.3, 0.4) is 0 Å². The zero-order valence-corrected chi connectivity index (χ0v) is 12.0. The Balaban J connectivity index is 2.09. The predicted molar refractivity (Wildman–Crippen MR) is 77.3 cm³/mol. The highest BCUT2D eigenvalue weighted by Gasteiger charge is 2.12. The Labute approximate surface area is 119 Å². The van der Waals surface area contributed by atoms with Gasteiger partial charge in [0, 0.05) is 10.8 Å². The Morgan fingerprint density at radius 3 is 2.50 bits per heavy atom. The van der Waals surface area contributed by atoms with Crippen molar-refractivity contribution in [2.75, 3.05) is 13.2 Å². The third-order valence-electron chi connectivity index (χ3n) is 2.76. The average Bonchev–Trinajstić information content (AvgIpc) is 3.07. The molecule has 0 unspecified atom stereocenters. The molecule has 0 atom stereocenters. The van der Waals surface area contributed by atoms with Gasteiger partial charge in [-0.25, -0.2) is 5.10 Å². The van der Waals surface area contributed by atoms with Gasteiger partial charge in [-0.15, -0.1) is 16.4 Å². The minimum atomic E-state index is 0.606. The average molecular weight is 290 g/mol. The Bertz CT molecular complexity index is 666. The number of aromatic amines is 1. The van der Waals surface area contributed by atoms with Crippen LogP contribution in [0.25, 0.3) is 20.8 Å². The lowest BCUT2D eigenvalue weighted by Gasteiger charge is -2.10. The van der Waals surface area contributed by atoms with Crippen LogP contribution in [0.4, 0.5) is 0 Å². The number of fused-ring (bicyclic) bond motifs is 1. The monoisotopic (exact) mass is 290 g/mol. The number of tetrazole rings is 1. The van der Waals surface area contributed by atoms with Crippen molar-refractivity contribution in [1.29, 1.82) is 0 Å². The third kappa shape index (κ3) is 2.32. The molecule has 0 aliphatic heterocycles. The zero-order valence-electron chi connectivity index (χ0n) is 11.2. The largest absolute Gasteiger partial charge is 0.490 e. The van der Waals surface area contributed by atoms with Gasteiger partial charge < -0.3 is 9.47 Å². The minimum Gasteiger partial charge on any atom is -0.490 e. The number of aromatic nitrogens is 4. The molecule has 0 amide bonds. The van der Waals surface area contributed by atoms with E-state index in [2.05, 4.69) is 20.6 Å². The molecule has 0 aliphatic rings. The highest BCUT2D eigenvalue weighted by Crippen LogP contribution is 2.39. The van der Waals surface area contributed by atoms with Crippen LogP contribution in [0.5, 0.6) is 11.5 Å². The Morgan fingerprint density at radius 2 is 1.85 bits per heavy atom. The number of hydrogen-bond donors (Lipinski definition) is 1. The van der Waals surface area contributed by atoms with E-state index >= 15 is 0 Å². The van der Waals surface area contributed by atoms with Gasteiger partial charge in [-0.1, -0.05) is 0 Å². The van der Waals surface area contributed by atoms with E-state index in [9.17, 15) is 0 Å². The number of ether oxygens (including phenoxy) is 2. The van der Waals surface area contributed by atoms with E-state index in [0.29, 0.717) is 19.0 Å². The van der Waals surface area contributed by atoms with Gasteiger partial charge in [-0.2, -0.15) is 0 Å². The second kappa shape index (κ2) is 5.46. The molecule has 1 N–H and O–H groups in total. The molecule has 0 radical (unpaired) electrons. The summed E-state index contributed by atoms with van der Waals surface area (Å²) in [4.78, 5) is 0.987. The maximum atomic E-state index is 5.63.